The summed E-state index contributed by atoms with van der Waals surface area (Å²) in [6.07, 6.45) is 2.43. The van der Waals surface area contributed by atoms with Gasteiger partial charge in [0.05, 0.1) is 12.6 Å². The van der Waals surface area contributed by atoms with Crippen molar-refractivity contribution < 1.29 is 9.90 Å². The molecule has 1 aromatic rings. The van der Waals surface area contributed by atoms with E-state index in [1.807, 2.05) is 6.92 Å². The van der Waals surface area contributed by atoms with Gasteiger partial charge >= 0.3 is 0 Å². The van der Waals surface area contributed by atoms with Crippen LogP contribution in [-0.4, -0.2) is 40.1 Å². The number of likely N-dealkylation sites (tertiary alicyclic amines) is 1. The van der Waals surface area contributed by atoms with Crippen molar-refractivity contribution in [2.45, 2.75) is 19.4 Å². The molecule has 0 aromatic carbocycles. The third kappa shape index (κ3) is 2.42. The molecule has 1 aliphatic heterocycles. The van der Waals surface area contributed by atoms with Crippen LogP contribution in [-0.2, 0) is 0 Å². The van der Waals surface area contributed by atoms with Crippen molar-refractivity contribution in [1.82, 2.24) is 9.88 Å². The van der Waals surface area contributed by atoms with E-state index >= 15 is 0 Å². The fourth-order valence-corrected chi connectivity index (χ4v) is 2.37. The van der Waals surface area contributed by atoms with Crippen LogP contribution >= 0.6 is 11.6 Å². The first-order valence-corrected chi connectivity index (χ1v) is 6.04. The Morgan fingerprint density at radius 2 is 2.47 bits per heavy atom. The topological polar surface area (TPSA) is 53.4 Å². The average Bonchev–Trinajstić information content (AvgIpc) is 2.69. The van der Waals surface area contributed by atoms with Crippen molar-refractivity contribution in [3.8, 4) is 0 Å². The Morgan fingerprint density at radius 1 is 1.71 bits per heavy atom. The minimum absolute atomic E-state index is 0.00648. The van der Waals surface area contributed by atoms with Crippen molar-refractivity contribution >= 4 is 17.5 Å². The van der Waals surface area contributed by atoms with Gasteiger partial charge in [-0.2, -0.15) is 0 Å². The number of carbonyl (C=O) groups excluding carboxylic acids is 1. The van der Waals surface area contributed by atoms with Crippen LogP contribution in [0, 0.1) is 5.92 Å². The number of rotatable bonds is 2. The van der Waals surface area contributed by atoms with Crippen LogP contribution in [0.15, 0.2) is 18.3 Å². The lowest BCUT2D eigenvalue weighted by molar-refractivity contribution is 0.0642. The van der Waals surface area contributed by atoms with Gasteiger partial charge in [0.15, 0.2) is 0 Å². The maximum absolute atomic E-state index is 12.2. The van der Waals surface area contributed by atoms with Gasteiger partial charge in [0.25, 0.3) is 5.91 Å². The van der Waals surface area contributed by atoms with Crippen molar-refractivity contribution in [2.75, 3.05) is 13.2 Å². The Bertz CT molecular complexity index is 425. The quantitative estimate of drug-likeness (QED) is 0.872. The van der Waals surface area contributed by atoms with Crippen LogP contribution in [0.3, 0.4) is 0 Å². The van der Waals surface area contributed by atoms with E-state index in [0.717, 1.165) is 6.42 Å². The van der Waals surface area contributed by atoms with Crippen LogP contribution in [0.4, 0.5) is 0 Å². The molecule has 1 aromatic heterocycles. The van der Waals surface area contributed by atoms with Gasteiger partial charge in [-0.05, 0) is 24.5 Å². The summed E-state index contributed by atoms with van der Waals surface area (Å²) in [5, 5.41) is 9.81. The van der Waals surface area contributed by atoms with Crippen molar-refractivity contribution in [2.24, 2.45) is 5.92 Å². The first-order chi connectivity index (χ1) is 8.13. The lowest BCUT2D eigenvalue weighted by atomic mass is 10.0. The number of aromatic nitrogens is 1. The Hall–Kier alpha value is -1.13. The number of aliphatic hydroxyl groups is 1. The third-order valence-corrected chi connectivity index (χ3v) is 3.51. The second-order valence-electron chi connectivity index (χ2n) is 4.37. The number of hydrogen-bond donors (Lipinski definition) is 1. The predicted molar refractivity (Wildman–Crippen MR) is 64.9 cm³/mol. The van der Waals surface area contributed by atoms with Gasteiger partial charge in [-0.25, -0.2) is 0 Å². The average molecular weight is 255 g/mol. The smallest absolute Gasteiger partial charge is 0.272 e. The molecule has 2 atom stereocenters. The maximum atomic E-state index is 12.2. The molecule has 1 aliphatic rings. The molecule has 2 unspecified atom stereocenters. The van der Waals surface area contributed by atoms with E-state index in [-0.39, 0.29) is 18.6 Å². The molecule has 0 radical (unpaired) electrons. The highest BCUT2D eigenvalue weighted by Crippen LogP contribution is 2.25. The van der Waals surface area contributed by atoms with Crippen LogP contribution in [0.5, 0.6) is 0 Å². The molecule has 0 spiro atoms. The monoisotopic (exact) mass is 254 g/mol. The molecular weight excluding hydrogens is 240 g/mol. The van der Waals surface area contributed by atoms with Gasteiger partial charge in [0, 0.05) is 17.8 Å². The van der Waals surface area contributed by atoms with Gasteiger partial charge in [0.2, 0.25) is 0 Å². The molecule has 2 heterocycles. The number of carbonyl (C=O) groups is 1. The third-order valence-electron chi connectivity index (χ3n) is 3.27. The summed E-state index contributed by atoms with van der Waals surface area (Å²) in [6, 6.07) is 3.08. The van der Waals surface area contributed by atoms with Crippen LogP contribution in [0.25, 0.3) is 0 Å². The summed E-state index contributed by atoms with van der Waals surface area (Å²) in [7, 11) is 0. The zero-order valence-electron chi connectivity index (χ0n) is 9.64. The summed E-state index contributed by atoms with van der Waals surface area (Å²) in [6.45, 7) is 2.70. The van der Waals surface area contributed by atoms with Gasteiger partial charge in [-0.3, -0.25) is 9.78 Å². The van der Waals surface area contributed by atoms with Crippen LogP contribution < -0.4 is 0 Å². The lowest BCUT2D eigenvalue weighted by Crippen LogP contribution is -2.40. The summed E-state index contributed by atoms with van der Waals surface area (Å²) in [5.74, 6) is 0.166. The SMILES string of the molecule is CC1CCN(C(=O)c2cc(Cl)ccn2)C1CO. The largest absolute Gasteiger partial charge is 0.394 e. The fourth-order valence-electron chi connectivity index (χ4n) is 2.21. The number of aliphatic hydroxyl groups excluding tert-OH is 1. The Labute approximate surface area is 105 Å². The van der Waals surface area contributed by atoms with E-state index in [4.69, 9.17) is 11.6 Å². The van der Waals surface area contributed by atoms with Crippen molar-refractivity contribution in [3.05, 3.63) is 29.0 Å². The summed E-state index contributed by atoms with van der Waals surface area (Å²) in [5.41, 5.74) is 0.338. The Kier molecular flexibility index (Phi) is 3.64. The molecule has 2 rings (SSSR count). The maximum Gasteiger partial charge on any atom is 0.272 e. The van der Waals surface area contributed by atoms with Gasteiger partial charge in [-0.15, -0.1) is 0 Å². The van der Waals surface area contributed by atoms with Gasteiger partial charge < -0.3 is 10.0 Å². The zero-order valence-corrected chi connectivity index (χ0v) is 10.4. The molecule has 17 heavy (non-hydrogen) atoms. The highest BCUT2D eigenvalue weighted by atomic mass is 35.5. The molecular formula is C12H15ClN2O2. The summed E-state index contributed by atoms with van der Waals surface area (Å²) in [4.78, 5) is 17.9. The predicted octanol–water partition coefficient (Wildman–Crippen LogP) is 1.58. The molecule has 1 N–H and O–H groups in total. The molecule has 0 aliphatic carbocycles. The van der Waals surface area contributed by atoms with E-state index in [2.05, 4.69) is 4.98 Å². The van der Waals surface area contributed by atoms with E-state index in [1.165, 1.54) is 6.20 Å². The number of nitrogens with zero attached hydrogens (tertiary/aromatic N) is 2. The number of hydrogen-bond acceptors (Lipinski definition) is 3. The second kappa shape index (κ2) is 5.02. The van der Waals surface area contributed by atoms with E-state index in [1.54, 1.807) is 17.0 Å². The Morgan fingerprint density at radius 3 is 3.12 bits per heavy atom. The minimum atomic E-state index is -0.157. The molecule has 5 heteroatoms. The van der Waals surface area contributed by atoms with Crippen LogP contribution in [0.2, 0.25) is 5.02 Å². The molecule has 4 nitrogen and oxygen atoms in total. The molecule has 0 bridgehead atoms. The molecule has 92 valence electrons. The standard InChI is InChI=1S/C12H15ClN2O2/c1-8-3-5-15(11(8)7-16)12(17)10-6-9(13)2-4-14-10/h2,4,6,8,11,16H,3,5,7H2,1H3. The number of halogens is 1. The van der Waals surface area contributed by atoms with Crippen molar-refractivity contribution in [1.29, 1.82) is 0 Å². The first-order valence-electron chi connectivity index (χ1n) is 5.67. The van der Waals surface area contributed by atoms with E-state index in [9.17, 15) is 9.90 Å². The molecule has 0 saturated carbocycles. The number of amides is 1. The number of pyridine rings is 1. The summed E-state index contributed by atoms with van der Waals surface area (Å²) >= 11 is 5.83. The first kappa shape index (κ1) is 12.3. The van der Waals surface area contributed by atoms with E-state index < -0.39 is 0 Å². The van der Waals surface area contributed by atoms with Crippen molar-refractivity contribution in [3.63, 3.8) is 0 Å². The van der Waals surface area contributed by atoms with Crippen LogP contribution in [0.1, 0.15) is 23.8 Å². The van der Waals surface area contributed by atoms with Gasteiger partial charge in [0.1, 0.15) is 5.69 Å². The highest BCUT2D eigenvalue weighted by Gasteiger charge is 2.34. The normalized spacial score (nSPS) is 24.1. The zero-order chi connectivity index (χ0) is 12.4. The fraction of sp³-hybridized carbons (Fsp3) is 0.500. The highest BCUT2D eigenvalue weighted by molar-refractivity contribution is 6.30. The Balaban J connectivity index is 2.20. The summed E-state index contributed by atoms with van der Waals surface area (Å²) < 4.78 is 0. The van der Waals surface area contributed by atoms with Gasteiger partial charge in [-0.1, -0.05) is 18.5 Å². The molecule has 1 fully saturated rings. The molecule has 1 saturated heterocycles. The minimum Gasteiger partial charge on any atom is -0.394 e. The second-order valence-corrected chi connectivity index (χ2v) is 4.81. The lowest BCUT2D eigenvalue weighted by Gasteiger charge is -2.24. The van der Waals surface area contributed by atoms with E-state index in [0.29, 0.717) is 23.2 Å². The molecule has 1 amide bonds.